The summed E-state index contributed by atoms with van der Waals surface area (Å²) >= 11 is 0. The van der Waals surface area contributed by atoms with Crippen LogP contribution in [0, 0.1) is 5.92 Å². The smallest absolute Gasteiger partial charge is 0.0897 e. The second kappa shape index (κ2) is 10.8. The molecular weight excluding hydrogens is 115 g/mol. The van der Waals surface area contributed by atoms with Crippen molar-refractivity contribution in [1.82, 2.24) is 0 Å². The Labute approximate surface area is 58.5 Å². The van der Waals surface area contributed by atoms with Crippen molar-refractivity contribution < 1.29 is 4.39 Å². The van der Waals surface area contributed by atoms with E-state index in [1.807, 2.05) is 13.8 Å². The predicted molar refractivity (Wildman–Crippen MR) is 41.4 cm³/mol. The maximum atomic E-state index is 11.4. The number of hydrogen-bond acceptors (Lipinski definition) is 0. The van der Waals surface area contributed by atoms with Crippen LogP contribution in [-0.2, 0) is 0 Å². The van der Waals surface area contributed by atoms with Crippen LogP contribution in [0.4, 0.5) is 4.39 Å². The van der Waals surface area contributed by atoms with Gasteiger partial charge in [-0.3, -0.25) is 4.39 Å². The van der Waals surface area contributed by atoms with Crippen LogP contribution < -0.4 is 0 Å². The average molecular weight is 134 g/mol. The van der Waals surface area contributed by atoms with E-state index < -0.39 is 0 Å². The summed E-state index contributed by atoms with van der Waals surface area (Å²) in [7, 11) is 0. The molecule has 0 heterocycles. The van der Waals surface area contributed by atoms with E-state index in [0.29, 0.717) is 5.92 Å². The van der Waals surface area contributed by atoms with Gasteiger partial charge in [0.15, 0.2) is 0 Å². The minimum atomic E-state index is -0.158. The van der Waals surface area contributed by atoms with Crippen molar-refractivity contribution in [2.75, 3.05) is 6.67 Å². The highest BCUT2D eigenvalue weighted by molar-refractivity contribution is 4.46. The van der Waals surface area contributed by atoms with Gasteiger partial charge in [0.1, 0.15) is 0 Å². The van der Waals surface area contributed by atoms with Crippen molar-refractivity contribution >= 4 is 0 Å². The maximum absolute atomic E-state index is 11.4. The van der Waals surface area contributed by atoms with Gasteiger partial charge < -0.3 is 0 Å². The fourth-order valence-electron chi connectivity index (χ4n) is 0.390. The second-order valence-electron chi connectivity index (χ2n) is 1.99. The molecule has 0 radical (unpaired) electrons. The van der Waals surface area contributed by atoms with Gasteiger partial charge in [-0.25, -0.2) is 0 Å². The van der Waals surface area contributed by atoms with E-state index in [4.69, 9.17) is 0 Å². The first-order chi connectivity index (χ1) is 4.31. The maximum Gasteiger partial charge on any atom is 0.0897 e. The molecule has 0 aromatic rings. The molecular formula is C8H19F. The molecule has 1 heteroatoms. The van der Waals surface area contributed by atoms with Gasteiger partial charge in [-0.1, -0.05) is 34.1 Å². The van der Waals surface area contributed by atoms with Gasteiger partial charge in [0.25, 0.3) is 0 Å². The summed E-state index contributed by atoms with van der Waals surface area (Å²) in [5.74, 6) is 0.574. The lowest BCUT2D eigenvalue weighted by atomic mass is 10.1. The Hall–Kier alpha value is -0.0700. The van der Waals surface area contributed by atoms with Crippen molar-refractivity contribution in [2.24, 2.45) is 5.92 Å². The van der Waals surface area contributed by atoms with Crippen molar-refractivity contribution in [3.63, 3.8) is 0 Å². The summed E-state index contributed by atoms with van der Waals surface area (Å²) in [5, 5.41) is 0. The third-order valence-corrected chi connectivity index (χ3v) is 1.30. The van der Waals surface area contributed by atoms with Gasteiger partial charge in [-0.05, 0) is 12.3 Å². The molecule has 0 rings (SSSR count). The molecule has 0 nitrogen and oxygen atoms in total. The minimum Gasteiger partial charge on any atom is -0.251 e. The lowest BCUT2D eigenvalue weighted by molar-refractivity contribution is 0.398. The van der Waals surface area contributed by atoms with Crippen LogP contribution >= 0.6 is 0 Å². The number of rotatable bonds is 3. The molecule has 1 unspecified atom stereocenters. The highest BCUT2D eigenvalue weighted by Crippen LogP contribution is 2.04. The summed E-state index contributed by atoms with van der Waals surface area (Å²) < 4.78 is 11.4. The van der Waals surface area contributed by atoms with Crippen molar-refractivity contribution in [2.45, 2.75) is 40.5 Å². The van der Waals surface area contributed by atoms with Gasteiger partial charge in [-0.15, -0.1) is 0 Å². The third kappa shape index (κ3) is 11.5. The lowest BCUT2D eigenvalue weighted by Crippen LogP contribution is -1.91. The van der Waals surface area contributed by atoms with Crippen molar-refractivity contribution in [1.29, 1.82) is 0 Å². The molecule has 58 valence electrons. The topological polar surface area (TPSA) is 0 Å². The minimum absolute atomic E-state index is 0.158. The first-order valence-electron chi connectivity index (χ1n) is 3.87. The van der Waals surface area contributed by atoms with Crippen LogP contribution in [0.1, 0.15) is 40.5 Å². The van der Waals surface area contributed by atoms with Crippen molar-refractivity contribution in [3.8, 4) is 0 Å². The summed E-state index contributed by atoms with van der Waals surface area (Å²) in [4.78, 5) is 0. The molecule has 0 N–H and O–H groups in total. The van der Waals surface area contributed by atoms with E-state index in [9.17, 15) is 4.39 Å². The quantitative estimate of drug-likeness (QED) is 0.554. The van der Waals surface area contributed by atoms with Crippen LogP contribution in [0.15, 0.2) is 0 Å². The Balaban J connectivity index is 0. The number of halogens is 1. The van der Waals surface area contributed by atoms with E-state index in [1.54, 1.807) is 0 Å². The van der Waals surface area contributed by atoms with E-state index in [0.717, 1.165) is 12.8 Å². The molecule has 1 atom stereocenters. The van der Waals surface area contributed by atoms with E-state index in [2.05, 4.69) is 13.8 Å². The highest BCUT2D eigenvalue weighted by atomic mass is 19.1. The molecule has 0 aliphatic carbocycles. The zero-order valence-electron chi connectivity index (χ0n) is 7.08. The van der Waals surface area contributed by atoms with Crippen molar-refractivity contribution in [3.05, 3.63) is 0 Å². The lowest BCUT2D eigenvalue weighted by Gasteiger charge is -2.00. The van der Waals surface area contributed by atoms with Crippen LogP contribution in [0.5, 0.6) is 0 Å². The number of hydrogen-bond donors (Lipinski definition) is 0. The molecule has 0 aliphatic rings. The summed E-state index contributed by atoms with van der Waals surface area (Å²) in [6, 6.07) is 0. The predicted octanol–water partition coefficient (Wildman–Crippen LogP) is 3.42. The van der Waals surface area contributed by atoms with E-state index >= 15 is 0 Å². The van der Waals surface area contributed by atoms with Gasteiger partial charge in [-0.2, -0.15) is 0 Å². The van der Waals surface area contributed by atoms with Crippen LogP contribution in [0.3, 0.4) is 0 Å². The van der Waals surface area contributed by atoms with Crippen LogP contribution in [0.2, 0.25) is 0 Å². The molecule has 0 aromatic heterocycles. The number of alkyl halides is 1. The molecule has 0 saturated carbocycles. The van der Waals surface area contributed by atoms with E-state index in [1.165, 1.54) is 0 Å². The molecule has 0 fully saturated rings. The molecule has 0 bridgehead atoms. The zero-order valence-corrected chi connectivity index (χ0v) is 7.08. The Morgan fingerprint density at radius 1 is 1.33 bits per heavy atom. The second-order valence-corrected chi connectivity index (χ2v) is 1.99. The summed E-state index contributed by atoms with van der Waals surface area (Å²) in [6.45, 7) is 7.99. The Bertz CT molecular complexity index is 35.5. The Kier molecular flexibility index (Phi) is 14.1. The van der Waals surface area contributed by atoms with Gasteiger partial charge in [0.2, 0.25) is 0 Å². The molecule has 9 heavy (non-hydrogen) atoms. The fraction of sp³-hybridized carbons (Fsp3) is 1.00. The fourth-order valence-corrected chi connectivity index (χ4v) is 0.390. The molecule has 0 spiro atoms. The molecule has 0 aromatic carbocycles. The molecule has 0 amide bonds. The zero-order chi connectivity index (χ0) is 7.70. The molecule has 0 aliphatic heterocycles. The Morgan fingerprint density at radius 3 is 1.89 bits per heavy atom. The SMILES string of the molecule is CC.CCC(C)CCF. The Morgan fingerprint density at radius 2 is 1.78 bits per heavy atom. The molecule has 0 saturated heterocycles. The van der Waals surface area contributed by atoms with E-state index in [-0.39, 0.29) is 6.67 Å². The first-order valence-corrected chi connectivity index (χ1v) is 3.87. The normalized spacial score (nSPS) is 11.7. The highest BCUT2D eigenvalue weighted by Gasteiger charge is 1.94. The monoisotopic (exact) mass is 134 g/mol. The first kappa shape index (κ1) is 11.7. The van der Waals surface area contributed by atoms with Gasteiger partial charge in [0, 0.05) is 0 Å². The summed E-state index contributed by atoms with van der Waals surface area (Å²) in [6.07, 6.45) is 1.83. The van der Waals surface area contributed by atoms with Crippen LogP contribution in [-0.4, -0.2) is 6.67 Å². The third-order valence-electron chi connectivity index (χ3n) is 1.30. The van der Waals surface area contributed by atoms with Gasteiger partial charge >= 0.3 is 0 Å². The van der Waals surface area contributed by atoms with Crippen LogP contribution in [0.25, 0.3) is 0 Å². The van der Waals surface area contributed by atoms with Gasteiger partial charge in [0.05, 0.1) is 6.67 Å². The summed E-state index contributed by atoms with van der Waals surface area (Å²) in [5.41, 5.74) is 0. The standard InChI is InChI=1S/C6H13F.C2H6/c1-3-6(2)4-5-7;1-2/h6H,3-5H2,1-2H3;1-2H3. The largest absolute Gasteiger partial charge is 0.251 e. The average Bonchev–Trinajstić information content (AvgIpc) is 1.93.